The van der Waals surface area contributed by atoms with E-state index >= 15 is 0 Å². The molecule has 140 valence electrons. The van der Waals surface area contributed by atoms with E-state index in [1.807, 2.05) is 12.1 Å². The number of nitrogens with two attached hydrogens (primary N) is 1. The topological polar surface area (TPSA) is 113 Å². The van der Waals surface area contributed by atoms with Gasteiger partial charge in [0.2, 0.25) is 17.7 Å². The number of imide groups is 1. The lowest BCUT2D eigenvalue weighted by Gasteiger charge is -2.36. The Morgan fingerprint density at radius 1 is 1.12 bits per heavy atom. The van der Waals surface area contributed by atoms with Crippen molar-refractivity contribution in [2.24, 2.45) is 5.73 Å². The molecule has 2 saturated heterocycles. The summed E-state index contributed by atoms with van der Waals surface area (Å²) in [7, 11) is 0. The van der Waals surface area contributed by atoms with Crippen LogP contribution in [0.1, 0.15) is 16.8 Å². The van der Waals surface area contributed by atoms with E-state index in [1.165, 1.54) is 0 Å². The van der Waals surface area contributed by atoms with Gasteiger partial charge in [0.1, 0.15) is 5.25 Å². The van der Waals surface area contributed by atoms with Gasteiger partial charge in [0.05, 0.1) is 0 Å². The maximum Gasteiger partial charge on any atom is 0.286 e. The molecule has 10 heteroatoms. The molecule has 0 saturated carbocycles. The van der Waals surface area contributed by atoms with E-state index in [-0.39, 0.29) is 24.7 Å². The van der Waals surface area contributed by atoms with Gasteiger partial charge >= 0.3 is 0 Å². The van der Waals surface area contributed by atoms with E-state index in [0.717, 1.165) is 17.4 Å². The van der Waals surface area contributed by atoms with Crippen molar-refractivity contribution < 1.29 is 19.2 Å². The number of halogens is 1. The van der Waals surface area contributed by atoms with Crippen LogP contribution >= 0.6 is 24.2 Å². The number of primary amides is 1. The summed E-state index contributed by atoms with van der Waals surface area (Å²) in [5.74, 6) is -0.975. The van der Waals surface area contributed by atoms with Gasteiger partial charge in [-0.1, -0.05) is 11.8 Å². The SMILES string of the molecule is Cl.NC(=O)c1ccc(N2CCN(C(=O)CC3SC(=O)NC3=O)CC2)cc1. The number of carbonyl (C=O) groups is 4. The third-order valence-corrected chi connectivity index (χ3v) is 5.26. The number of piperazine rings is 1. The van der Waals surface area contributed by atoms with Crippen LogP contribution in [0, 0.1) is 0 Å². The molecule has 3 N–H and O–H groups in total. The molecular weight excluding hydrogens is 380 g/mol. The number of rotatable bonds is 4. The molecule has 0 radical (unpaired) electrons. The summed E-state index contributed by atoms with van der Waals surface area (Å²) in [4.78, 5) is 50.0. The number of hydrogen-bond acceptors (Lipinski definition) is 6. The Hall–Kier alpha value is -2.26. The molecule has 2 aliphatic rings. The molecule has 4 amide bonds. The normalized spacial score (nSPS) is 19.8. The monoisotopic (exact) mass is 398 g/mol. The van der Waals surface area contributed by atoms with Gasteiger partial charge in [0.25, 0.3) is 5.24 Å². The number of nitrogens with zero attached hydrogens (tertiary/aromatic N) is 2. The van der Waals surface area contributed by atoms with Crippen molar-refractivity contribution in [3.63, 3.8) is 0 Å². The van der Waals surface area contributed by atoms with Gasteiger partial charge < -0.3 is 15.5 Å². The number of amides is 4. The molecule has 1 aromatic carbocycles. The van der Waals surface area contributed by atoms with Crippen molar-refractivity contribution in [1.82, 2.24) is 10.2 Å². The predicted octanol–water partition coefficient (Wildman–Crippen LogP) is 0.598. The van der Waals surface area contributed by atoms with Gasteiger partial charge in [-0.2, -0.15) is 0 Å². The zero-order valence-electron chi connectivity index (χ0n) is 13.8. The quantitative estimate of drug-likeness (QED) is 0.767. The highest BCUT2D eigenvalue weighted by Crippen LogP contribution is 2.23. The molecule has 26 heavy (non-hydrogen) atoms. The van der Waals surface area contributed by atoms with Crippen molar-refractivity contribution in [1.29, 1.82) is 0 Å². The van der Waals surface area contributed by atoms with Crippen LogP contribution in [0.4, 0.5) is 10.5 Å². The zero-order valence-corrected chi connectivity index (χ0v) is 15.5. The molecule has 0 aromatic heterocycles. The molecule has 0 aliphatic carbocycles. The van der Waals surface area contributed by atoms with E-state index in [2.05, 4.69) is 10.2 Å². The van der Waals surface area contributed by atoms with E-state index in [4.69, 9.17) is 5.73 Å². The van der Waals surface area contributed by atoms with Gasteiger partial charge in [-0.25, -0.2) is 0 Å². The second-order valence-electron chi connectivity index (χ2n) is 5.87. The van der Waals surface area contributed by atoms with E-state index in [9.17, 15) is 19.2 Å². The number of nitrogens with one attached hydrogen (secondary N) is 1. The largest absolute Gasteiger partial charge is 0.368 e. The maximum absolute atomic E-state index is 12.3. The van der Waals surface area contributed by atoms with Crippen LogP contribution in [-0.4, -0.2) is 59.3 Å². The molecule has 1 unspecified atom stereocenters. The first-order chi connectivity index (χ1) is 11.9. The van der Waals surface area contributed by atoms with Gasteiger partial charge in [-0.05, 0) is 24.3 Å². The van der Waals surface area contributed by atoms with Crippen molar-refractivity contribution in [2.75, 3.05) is 31.1 Å². The number of carbonyl (C=O) groups excluding carboxylic acids is 4. The Labute approximate surface area is 160 Å². The molecule has 3 rings (SSSR count). The first-order valence-electron chi connectivity index (χ1n) is 7.88. The number of thioether (sulfide) groups is 1. The van der Waals surface area contributed by atoms with Crippen LogP contribution in [-0.2, 0) is 9.59 Å². The van der Waals surface area contributed by atoms with Crippen LogP contribution in [0.25, 0.3) is 0 Å². The van der Waals surface area contributed by atoms with Crippen molar-refractivity contribution >= 4 is 52.8 Å². The highest BCUT2D eigenvalue weighted by Gasteiger charge is 2.35. The molecule has 2 fully saturated rings. The Morgan fingerprint density at radius 2 is 1.73 bits per heavy atom. The summed E-state index contributed by atoms with van der Waals surface area (Å²) in [6.45, 7) is 2.40. The Kier molecular flexibility index (Phi) is 6.49. The van der Waals surface area contributed by atoms with Gasteiger partial charge in [-0.15, -0.1) is 12.4 Å². The number of anilines is 1. The average molecular weight is 399 g/mol. The van der Waals surface area contributed by atoms with Gasteiger partial charge in [0, 0.05) is 43.9 Å². The summed E-state index contributed by atoms with van der Waals surface area (Å²) >= 11 is 0.872. The Bertz CT molecular complexity index is 719. The van der Waals surface area contributed by atoms with E-state index in [1.54, 1.807) is 17.0 Å². The minimum Gasteiger partial charge on any atom is -0.368 e. The maximum atomic E-state index is 12.3. The molecule has 2 heterocycles. The van der Waals surface area contributed by atoms with Gasteiger partial charge in [0.15, 0.2) is 0 Å². The first-order valence-corrected chi connectivity index (χ1v) is 8.76. The average Bonchev–Trinajstić information content (AvgIpc) is 2.92. The van der Waals surface area contributed by atoms with Crippen LogP contribution in [0.2, 0.25) is 0 Å². The fourth-order valence-electron chi connectivity index (χ4n) is 2.87. The third kappa shape index (κ3) is 4.47. The van der Waals surface area contributed by atoms with Crippen molar-refractivity contribution in [3.8, 4) is 0 Å². The van der Waals surface area contributed by atoms with Crippen LogP contribution in [0.3, 0.4) is 0 Å². The first kappa shape index (κ1) is 20.1. The summed E-state index contributed by atoms with van der Waals surface area (Å²) in [5, 5.41) is 1.17. The fourth-order valence-corrected chi connectivity index (χ4v) is 3.68. The van der Waals surface area contributed by atoms with Crippen LogP contribution in [0.5, 0.6) is 0 Å². The van der Waals surface area contributed by atoms with E-state index < -0.39 is 22.3 Å². The van der Waals surface area contributed by atoms with Gasteiger partial charge in [-0.3, -0.25) is 24.5 Å². The number of benzene rings is 1. The lowest BCUT2D eigenvalue weighted by molar-refractivity contribution is -0.133. The molecule has 1 aromatic rings. The second-order valence-corrected chi connectivity index (χ2v) is 7.04. The smallest absolute Gasteiger partial charge is 0.286 e. The lowest BCUT2D eigenvalue weighted by atomic mass is 10.1. The third-order valence-electron chi connectivity index (χ3n) is 4.28. The summed E-state index contributed by atoms with van der Waals surface area (Å²) in [5.41, 5.74) is 6.66. The summed E-state index contributed by atoms with van der Waals surface area (Å²) < 4.78 is 0. The summed E-state index contributed by atoms with van der Waals surface area (Å²) in [6, 6.07) is 7.04. The fraction of sp³-hybridized carbons (Fsp3) is 0.375. The van der Waals surface area contributed by atoms with Crippen molar-refractivity contribution in [2.45, 2.75) is 11.7 Å². The molecule has 2 aliphatic heterocycles. The molecule has 1 atom stereocenters. The minimum absolute atomic E-state index is 0. The summed E-state index contributed by atoms with van der Waals surface area (Å²) in [6.07, 6.45) is 0.0373. The number of hydrogen-bond donors (Lipinski definition) is 2. The second kappa shape index (κ2) is 8.41. The lowest BCUT2D eigenvalue weighted by Crippen LogP contribution is -2.49. The minimum atomic E-state index is -0.626. The van der Waals surface area contributed by atoms with Crippen molar-refractivity contribution in [3.05, 3.63) is 29.8 Å². The van der Waals surface area contributed by atoms with Crippen LogP contribution in [0.15, 0.2) is 24.3 Å². The Morgan fingerprint density at radius 3 is 2.23 bits per heavy atom. The predicted molar refractivity (Wildman–Crippen MR) is 101 cm³/mol. The standard InChI is InChI=1S/C16H18N4O4S.ClH/c17-14(22)10-1-3-11(4-2-10)19-5-7-20(8-6-19)13(21)9-12-15(23)18-16(24)25-12;/h1-4,12H,5-9H2,(H2,17,22)(H,18,23,24);1H. The highest BCUT2D eigenvalue weighted by molar-refractivity contribution is 8.15. The Balaban J connectivity index is 0.00000243. The molecular formula is C16H19ClN4O4S. The van der Waals surface area contributed by atoms with Crippen LogP contribution < -0.4 is 16.0 Å². The highest BCUT2D eigenvalue weighted by atomic mass is 35.5. The van der Waals surface area contributed by atoms with E-state index in [0.29, 0.717) is 31.7 Å². The molecule has 0 bridgehead atoms. The zero-order chi connectivity index (χ0) is 18.0. The molecule has 8 nitrogen and oxygen atoms in total. The molecule has 0 spiro atoms.